The number of benzene rings is 1. The van der Waals surface area contributed by atoms with Gasteiger partial charge in [0.15, 0.2) is 0 Å². The molecule has 0 spiro atoms. The fourth-order valence-corrected chi connectivity index (χ4v) is 3.52. The minimum absolute atomic E-state index is 0.154. The zero-order valence-corrected chi connectivity index (χ0v) is 16.3. The van der Waals surface area contributed by atoms with Crippen LogP contribution in [0.3, 0.4) is 0 Å². The van der Waals surface area contributed by atoms with Gasteiger partial charge in [0.05, 0.1) is 11.6 Å². The van der Waals surface area contributed by atoms with Crippen LogP contribution in [-0.2, 0) is 4.74 Å². The third-order valence-electron chi connectivity index (χ3n) is 4.80. The molecule has 142 valence electrons. The molecule has 5 heteroatoms. The van der Waals surface area contributed by atoms with Crippen LogP contribution in [0.25, 0.3) is 11.1 Å². The Kier molecular flexibility index (Phi) is 5.55. The van der Waals surface area contributed by atoms with Gasteiger partial charge in [-0.25, -0.2) is 4.79 Å². The second kappa shape index (κ2) is 7.87. The molecule has 1 amide bonds. The number of anilines is 1. The van der Waals surface area contributed by atoms with Crippen molar-refractivity contribution in [1.82, 2.24) is 4.98 Å². The number of H-pyrrole nitrogens is 1. The molecular weight excluding hydrogens is 338 g/mol. The van der Waals surface area contributed by atoms with E-state index in [-0.39, 0.29) is 12.1 Å². The number of ether oxygens (including phenoxy) is 1. The number of nitrogens with zero attached hydrogens (tertiary/aromatic N) is 2. The molecule has 1 saturated carbocycles. The molecule has 0 unspecified atom stereocenters. The van der Waals surface area contributed by atoms with E-state index in [4.69, 9.17) is 10.00 Å². The lowest BCUT2D eigenvalue weighted by molar-refractivity contribution is 0.0557. The van der Waals surface area contributed by atoms with Crippen LogP contribution in [0.1, 0.15) is 58.4 Å². The zero-order valence-electron chi connectivity index (χ0n) is 16.3. The number of aromatic nitrogens is 1. The van der Waals surface area contributed by atoms with Crippen molar-refractivity contribution in [2.75, 3.05) is 4.90 Å². The Labute approximate surface area is 160 Å². The predicted molar refractivity (Wildman–Crippen MR) is 107 cm³/mol. The molecule has 27 heavy (non-hydrogen) atoms. The lowest BCUT2D eigenvalue weighted by Crippen LogP contribution is -2.44. The number of amides is 1. The highest BCUT2D eigenvalue weighted by atomic mass is 16.6. The van der Waals surface area contributed by atoms with Gasteiger partial charge >= 0.3 is 6.09 Å². The Morgan fingerprint density at radius 3 is 2.41 bits per heavy atom. The Morgan fingerprint density at radius 1 is 1.15 bits per heavy atom. The van der Waals surface area contributed by atoms with E-state index in [1.165, 1.54) is 6.42 Å². The van der Waals surface area contributed by atoms with E-state index in [0.29, 0.717) is 5.56 Å². The monoisotopic (exact) mass is 365 g/mol. The fraction of sp³-hybridized carbons (Fsp3) is 0.455. The molecule has 1 heterocycles. The summed E-state index contributed by atoms with van der Waals surface area (Å²) < 4.78 is 5.68. The van der Waals surface area contributed by atoms with Crippen LogP contribution >= 0.6 is 0 Å². The van der Waals surface area contributed by atoms with Gasteiger partial charge in [-0.05, 0) is 57.4 Å². The predicted octanol–water partition coefficient (Wildman–Crippen LogP) is 5.63. The second-order valence-corrected chi connectivity index (χ2v) is 8.10. The lowest BCUT2D eigenvalue weighted by Gasteiger charge is -2.34. The van der Waals surface area contributed by atoms with Crippen molar-refractivity contribution in [3.05, 3.63) is 42.1 Å². The average Bonchev–Trinajstić information content (AvgIpc) is 3.11. The van der Waals surface area contributed by atoms with Crippen molar-refractivity contribution in [2.45, 2.75) is 64.5 Å². The maximum atomic E-state index is 12.9. The number of carbonyl (C=O) groups is 1. The molecule has 1 aliphatic rings. The number of nitrogens with one attached hydrogen (secondary N) is 1. The van der Waals surface area contributed by atoms with Crippen LogP contribution in [0, 0.1) is 11.3 Å². The maximum absolute atomic E-state index is 12.9. The number of rotatable bonds is 3. The van der Waals surface area contributed by atoms with Gasteiger partial charge < -0.3 is 9.72 Å². The molecule has 0 bridgehead atoms. The van der Waals surface area contributed by atoms with Gasteiger partial charge in [0.2, 0.25) is 0 Å². The average molecular weight is 365 g/mol. The van der Waals surface area contributed by atoms with Crippen LogP contribution in [0.4, 0.5) is 10.6 Å². The molecule has 0 aliphatic heterocycles. The van der Waals surface area contributed by atoms with Crippen LogP contribution < -0.4 is 4.90 Å². The Morgan fingerprint density at radius 2 is 1.81 bits per heavy atom. The van der Waals surface area contributed by atoms with Crippen molar-refractivity contribution in [3.8, 4) is 17.2 Å². The van der Waals surface area contributed by atoms with Crippen LogP contribution in [0.15, 0.2) is 36.5 Å². The van der Waals surface area contributed by atoms with Gasteiger partial charge in [0, 0.05) is 17.8 Å². The number of hydrogen-bond acceptors (Lipinski definition) is 3. The van der Waals surface area contributed by atoms with Gasteiger partial charge in [-0.15, -0.1) is 0 Å². The Bertz CT molecular complexity index is 818. The fourth-order valence-electron chi connectivity index (χ4n) is 3.52. The van der Waals surface area contributed by atoms with Crippen molar-refractivity contribution in [3.63, 3.8) is 0 Å². The first-order valence-corrected chi connectivity index (χ1v) is 9.58. The highest BCUT2D eigenvalue weighted by Crippen LogP contribution is 2.31. The Hall–Kier alpha value is -2.74. The van der Waals surface area contributed by atoms with Crippen LogP contribution in [0.5, 0.6) is 0 Å². The Balaban J connectivity index is 1.88. The standard InChI is InChI=1S/C22H27N3O2/c1-22(2,3)27-21(26)25(19-7-5-4-6-8-19)20-13-18(15-24-20)17-11-9-16(14-23)10-12-17/h9-13,15,19,24H,4-8H2,1-3H3. The minimum Gasteiger partial charge on any atom is -0.443 e. The number of hydrogen-bond donors (Lipinski definition) is 1. The molecular formula is C22H27N3O2. The normalized spacial score (nSPS) is 15.2. The summed E-state index contributed by atoms with van der Waals surface area (Å²) in [5, 5.41) is 8.96. The third-order valence-corrected chi connectivity index (χ3v) is 4.80. The molecule has 1 aliphatic carbocycles. The maximum Gasteiger partial charge on any atom is 0.416 e. The number of carbonyl (C=O) groups excluding carboxylic acids is 1. The quantitative estimate of drug-likeness (QED) is 0.766. The smallest absolute Gasteiger partial charge is 0.416 e. The van der Waals surface area contributed by atoms with E-state index in [1.54, 1.807) is 17.0 Å². The molecule has 0 radical (unpaired) electrons. The van der Waals surface area contributed by atoms with Gasteiger partial charge in [0.25, 0.3) is 0 Å². The molecule has 1 N–H and O–H groups in total. The summed E-state index contributed by atoms with van der Waals surface area (Å²) in [6.07, 6.45) is 7.06. The van der Waals surface area contributed by atoms with Gasteiger partial charge in [-0.3, -0.25) is 4.90 Å². The summed E-state index contributed by atoms with van der Waals surface area (Å²) in [5.41, 5.74) is 2.09. The first-order chi connectivity index (χ1) is 12.9. The summed E-state index contributed by atoms with van der Waals surface area (Å²) >= 11 is 0. The topological polar surface area (TPSA) is 69.1 Å². The van der Waals surface area contributed by atoms with Gasteiger partial charge in [-0.1, -0.05) is 31.4 Å². The molecule has 0 atom stereocenters. The second-order valence-electron chi connectivity index (χ2n) is 8.10. The summed E-state index contributed by atoms with van der Waals surface area (Å²) in [4.78, 5) is 18.0. The summed E-state index contributed by atoms with van der Waals surface area (Å²) in [5.74, 6) is 0.760. The summed E-state index contributed by atoms with van der Waals surface area (Å²) in [7, 11) is 0. The van der Waals surface area contributed by atoms with Crippen LogP contribution in [-0.4, -0.2) is 22.7 Å². The molecule has 1 aromatic carbocycles. The van der Waals surface area contributed by atoms with Crippen molar-refractivity contribution in [2.24, 2.45) is 0 Å². The minimum atomic E-state index is -0.535. The van der Waals surface area contributed by atoms with E-state index in [1.807, 2.05) is 45.2 Å². The largest absolute Gasteiger partial charge is 0.443 e. The lowest BCUT2D eigenvalue weighted by atomic mass is 9.94. The van der Waals surface area contributed by atoms with Crippen molar-refractivity contribution in [1.29, 1.82) is 5.26 Å². The molecule has 5 nitrogen and oxygen atoms in total. The van der Waals surface area contributed by atoms with E-state index in [9.17, 15) is 4.79 Å². The number of aromatic amines is 1. The first kappa shape index (κ1) is 19.0. The number of nitriles is 1. The van der Waals surface area contributed by atoms with E-state index < -0.39 is 5.60 Å². The zero-order chi connectivity index (χ0) is 19.4. The third kappa shape index (κ3) is 4.71. The molecule has 0 saturated heterocycles. The van der Waals surface area contributed by atoms with Crippen LogP contribution in [0.2, 0.25) is 0 Å². The molecule has 2 aromatic rings. The first-order valence-electron chi connectivity index (χ1n) is 9.58. The van der Waals surface area contributed by atoms with E-state index in [2.05, 4.69) is 11.1 Å². The SMILES string of the molecule is CC(C)(C)OC(=O)N(c1cc(-c2ccc(C#N)cc2)c[nH]1)C1CCCCC1. The molecule has 3 rings (SSSR count). The van der Waals surface area contributed by atoms with E-state index >= 15 is 0 Å². The van der Waals surface area contributed by atoms with Gasteiger partial charge in [0.1, 0.15) is 11.4 Å². The highest BCUT2D eigenvalue weighted by Gasteiger charge is 2.31. The van der Waals surface area contributed by atoms with Gasteiger partial charge in [-0.2, -0.15) is 5.26 Å². The highest BCUT2D eigenvalue weighted by molar-refractivity contribution is 5.88. The van der Waals surface area contributed by atoms with Crippen molar-refractivity contribution < 1.29 is 9.53 Å². The van der Waals surface area contributed by atoms with Crippen molar-refractivity contribution >= 4 is 11.9 Å². The summed E-state index contributed by atoms with van der Waals surface area (Å²) in [6.45, 7) is 5.67. The van der Waals surface area contributed by atoms with E-state index in [0.717, 1.165) is 42.6 Å². The molecule has 1 fully saturated rings. The molecule has 1 aromatic heterocycles. The summed E-state index contributed by atoms with van der Waals surface area (Å²) in [6, 6.07) is 11.7.